The Kier molecular flexibility index (Phi) is 3.43. The molecule has 30 valence electrons. The summed E-state index contributed by atoms with van der Waals surface area (Å²) in [5.41, 5.74) is 0. The van der Waals surface area contributed by atoms with E-state index in [0.29, 0.717) is 0 Å². The average Bonchev–Trinajstić information content (AvgIpc) is 1.41. The lowest BCUT2D eigenvalue weighted by Gasteiger charge is -1.68. The van der Waals surface area contributed by atoms with Crippen molar-refractivity contribution in [2.24, 2.45) is 4.99 Å². The van der Waals surface area contributed by atoms with Crippen LogP contribution in [0.3, 0.4) is 0 Å². The number of rotatable bonds is 1. The summed E-state index contributed by atoms with van der Waals surface area (Å²) in [6.45, 7) is 4.85. The molecule has 1 nitrogen and oxygen atoms in total. The fraction of sp³-hybridized carbons (Fsp3) is 0.750. The Labute approximate surface area is 32.7 Å². The highest BCUT2D eigenvalue weighted by molar-refractivity contribution is 5.52. The van der Waals surface area contributed by atoms with Crippen LogP contribution in [0.2, 0.25) is 0 Å². The van der Waals surface area contributed by atoms with E-state index in [4.69, 9.17) is 0 Å². The maximum atomic E-state index is 3.85. The molecule has 0 saturated heterocycles. The lowest BCUT2D eigenvalue weighted by atomic mass is 10.8. The van der Waals surface area contributed by atoms with Gasteiger partial charge in [-0.1, -0.05) is 0 Å². The molecule has 0 heterocycles. The van der Waals surface area contributed by atoms with Gasteiger partial charge in [0.1, 0.15) is 0 Å². The monoisotopic (exact) mass is 71.1 g/mol. The second-order valence-corrected chi connectivity index (χ2v) is 0.757. The number of nitrogens with zero attached hydrogens (tertiary/aromatic N) is 1. The maximum absolute atomic E-state index is 3.85. The van der Waals surface area contributed by atoms with Gasteiger partial charge in [0, 0.05) is 6.54 Å². The molecule has 0 amide bonds. The Morgan fingerprint density at radius 1 is 1.80 bits per heavy atom. The van der Waals surface area contributed by atoms with E-state index >= 15 is 0 Å². The van der Waals surface area contributed by atoms with Crippen molar-refractivity contribution in [3.05, 3.63) is 0 Å². The second-order valence-electron chi connectivity index (χ2n) is 0.757. The van der Waals surface area contributed by atoms with E-state index in [0.717, 1.165) is 6.54 Å². The van der Waals surface area contributed by atoms with Crippen LogP contribution in [-0.4, -0.2) is 12.8 Å². The molecule has 0 radical (unpaired) electrons. The first kappa shape index (κ1) is 4.67. The van der Waals surface area contributed by atoms with Crippen molar-refractivity contribution in [3.63, 3.8) is 0 Å². The van der Waals surface area contributed by atoms with Crippen molar-refractivity contribution in [2.45, 2.75) is 13.8 Å². The molecule has 0 unspecified atom stereocenters. The summed E-state index contributed by atoms with van der Waals surface area (Å²) in [5, 5.41) is 0. The van der Waals surface area contributed by atoms with Gasteiger partial charge in [-0.25, -0.2) is 0 Å². The van der Waals surface area contributed by atoms with Crippen molar-refractivity contribution in [3.8, 4) is 0 Å². The molecule has 5 heavy (non-hydrogen) atoms. The Hall–Kier alpha value is -0.330. The fourth-order valence-corrected chi connectivity index (χ4v) is 0.183. The van der Waals surface area contributed by atoms with E-state index in [9.17, 15) is 0 Å². The van der Waals surface area contributed by atoms with E-state index in [1.807, 2.05) is 13.8 Å². The molecular weight excluding hydrogens is 62.1 g/mol. The quantitative estimate of drug-likeness (QED) is 0.410. The fourth-order valence-electron chi connectivity index (χ4n) is 0.183. The van der Waals surface area contributed by atoms with Gasteiger partial charge >= 0.3 is 0 Å². The zero-order valence-electron chi connectivity index (χ0n) is 3.73. The summed E-state index contributed by atoms with van der Waals surface area (Å²) in [7, 11) is 0. The first-order chi connectivity index (χ1) is 2.41. The third kappa shape index (κ3) is 3.67. The number of aliphatic imine (C=N–C) groups is 1. The molecule has 0 rings (SSSR count). The van der Waals surface area contributed by atoms with E-state index in [-0.39, 0.29) is 0 Å². The van der Waals surface area contributed by atoms with Crippen LogP contribution < -0.4 is 0 Å². The van der Waals surface area contributed by atoms with Gasteiger partial charge < -0.3 is 0 Å². The number of hydrogen-bond donors (Lipinski definition) is 0. The van der Waals surface area contributed by atoms with Gasteiger partial charge in [0.25, 0.3) is 0 Å². The standard InChI is InChI=1S/C4H9N/c1-3-5-4-2/h3H,4H2,1-2H3/b5-3-. The molecule has 0 aliphatic rings. The zero-order valence-corrected chi connectivity index (χ0v) is 3.73. The Balaban J connectivity index is 2.62. The highest BCUT2D eigenvalue weighted by atomic mass is 14.7. The minimum Gasteiger partial charge on any atom is -0.298 e. The molecule has 0 N–H and O–H groups in total. The van der Waals surface area contributed by atoms with Gasteiger partial charge in [-0.3, -0.25) is 4.99 Å². The van der Waals surface area contributed by atoms with Crippen LogP contribution in [0.25, 0.3) is 0 Å². The predicted octanol–water partition coefficient (Wildman–Crippen LogP) is 1.10. The van der Waals surface area contributed by atoms with Crippen LogP contribution in [0.15, 0.2) is 4.99 Å². The van der Waals surface area contributed by atoms with Crippen molar-refractivity contribution in [1.82, 2.24) is 0 Å². The smallest absolute Gasteiger partial charge is 0.0356 e. The Bertz CT molecular complexity index is 30.6. The van der Waals surface area contributed by atoms with Gasteiger partial charge in [-0.2, -0.15) is 0 Å². The summed E-state index contributed by atoms with van der Waals surface area (Å²) in [6, 6.07) is 0. The highest BCUT2D eigenvalue weighted by Crippen LogP contribution is 1.57. The first-order valence-corrected chi connectivity index (χ1v) is 1.86. The van der Waals surface area contributed by atoms with Crippen LogP contribution in [0.5, 0.6) is 0 Å². The summed E-state index contributed by atoms with van der Waals surface area (Å²) in [4.78, 5) is 3.85. The first-order valence-electron chi connectivity index (χ1n) is 1.86. The third-order valence-corrected chi connectivity index (χ3v) is 0.365. The average molecular weight is 71.1 g/mol. The zero-order chi connectivity index (χ0) is 4.12. The minimum absolute atomic E-state index is 0.913. The molecule has 1 heteroatoms. The molecule has 0 spiro atoms. The molecular formula is C4H9N. The van der Waals surface area contributed by atoms with Gasteiger partial charge in [0.15, 0.2) is 0 Å². The van der Waals surface area contributed by atoms with Crippen molar-refractivity contribution >= 4 is 6.21 Å². The minimum atomic E-state index is 0.913. The van der Waals surface area contributed by atoms with E-state index in [2.05, 4.69) is 4.99 Å². The molecule has 0 fully saturated rings. The molecule has 0 aromatic rings. The SMILES string of the molecule is C/C=N\CC. The predicted molar refractivity (Wildman–Crippen MR) is 24.7 cm³/mol. The van der Waals surface area contributed by atoms with Crippen LogP contribution in [0.1, 0.15) is 13.8 Å². The van der Waals surface area contributed by atoms with Crippen LogP contribution >= 0.6 is 0 Å². The van der Waals surface area contributed by atoms with Gasteiger partial charge in [0.05, 0.1) is 0 Å². The topological polar surface area (TPSA) is 12.4 Å². The largest absolute Gasteiger partial charge is 0.298 e. The van der Waals surface area contributed by atoms with Crippen molar-refractivity contribution in [1.29, 1.82) is 0 Å². The maximum Gasteiger partial charge on any atom is 0.0356 e. The summed E-state index contributed by atoms with van der Waals surface area (Å²) >= 11 is 0. The molecule has 0 atom stereocenters. The molecule has 0 aromatic carbocycles. The van der Waals surface area contributed by atoms with Crippen LogP contribution in [0.4, 0.5) is 0 Å². The Morgan fingerprint density at radius 3 is 2.40 bits per heavy atom. The molecule has 0 aliphatic carbocycles. The molecule has 0 aromatic heterocycles. The second kappa shape index (κ2) is 3.67. The van der Waals surface area contributed by atoms with Crippen LogP contribution in [-0.2, 0) is 0 Å². The summed E-state index contributed by atoms with van der Waals surface area (Å²) in [5.74, 6) is 0. The molecule has 0 saturated carbocycles. The Morgan fingerprint density at radius 2 is 2.40 bits per heavy atom. The summed E-state index contributed by atoms with van der Waals surface area (Å²) < 4.78 is 0. The number of hydrogen-bond acceptors (Lipinski definition) is 1. The molecule has 0 aliphatic heterocycles. The van der Waals surface area contributed by atoms with Gasteiger partial charge in [-0.05, 0) is 20.1 Å². The van der Waals surface area contributed by atoms with Gasteiger partial charge in [-0.15, -0.1) is 0 Å². The van der Waals surface area contributed by atoms with Crippen LogP contribution in [0, 0.1) is 0 Å². The third-order valence-electron chi connectivity index (χ3n) is 0.365. The van der Waals surface area contributed by atoms with E-state index in [1.54, 1.807) is 6.21 Å². The normalized spacial score (nSPS) is 10.0. The lowest BCUT2D eigenvalue weighted by Crippen LogP contribution is -1.62. The highest BCUT2D eigenvalue weighted by Gasteiger charge is 1.51. The van der Waals surface area contributed by atoms with Crippen molar-refractivity contribution in [2.75, 3.05) is 6.54 Å². The van der Waals surface area contributed by atoms with Gasteiger partial charge in [0.2, 0.25) is 0 Å². The van der Waals surface area contributed by atoms with E-state index < -0.39 is 0 Å². The van der Waals surface area contributed by atoms with Crippen molar-refractivity contribution < 1.29 is 0 Å². The molecule has 0 bridgehead atoms. The van der Waals surface area contributed by atoms with E-state index in [1.165, 1.54) is 0 Å². The lowest BCUT2D eigenvalue weighted by molar-refractivity contribution is 1.14. The summed E-state index contributed by atoms with van der Waals surface area (Å²) in [6.07, 6.45) is 1.81.